The van der Waals surface area contributed by atoms with Crippen molar-refractivity contribution in [2.75, 3.05) is 6.54 Å². The minimum Gasteiger partial charge on any atom is -0.293 e. The fraction of sp³-hybridized carbons (Fsp3) is 0.182. The number of hydrogen-bond acceptors (Lipinski definition) is 5. The molecular weight excluding hydrogens is 437 g/mol. The maximum absolute atomic E-state index is 12.9. The molecule has 1 saturated heterocycles. The second kappa shape index (κ2) is 10.3. The molecule has 3 rings (SSSR count). The smallest absolute Gasteiger partial charge is 0.269 e. The van der Waals surface area contributed by atoms with Gasteiger partial charge >= 0.3 is 0 Å². The van der Waals surface area contributed by atoms with Crippen LogP contribution in [0.3, 0.4) is 0 Å². The first kappa shape index (κ1) is 22.6. The Balaban J connectivity index is 1.45. The highest BCUT2D eigenvalue weighted by atomic mass is 32.2. The normalized spacial score (nSPS) is 14.8. The molecule has 2 aromatic carbocycles. The quantitative estimate of drug-likeness (QED) is 0.394. The van der Waals surface area contributed by atoms with Gasteiger partial charge in [-0.2, -0.15) is 0 Å². The molecule has 0 spiro atoms. The van der Waals surface area contributed by atoms with Gasteiger partial charge in [0.1, 0.15) is 10.1 Å². The third-order valence-corrected chi connectivity index (χ3v) is 5.83. The molecule has 0 saturated carbocycles. The fourth-order valence-electron chi connectivity index (χ4n) is 2.77. The van der Waals surface area contributed by atoms with Crippen molar-refractivity contribution in [1.29, 1.82) is 0 Å². The average molecular weight is 458 g/mol. The zero-order valence-electron chi connectivity index (χ0n) is 16.7. The van der Waals surface area contributed by atoms with Crippen LogP contribution in [0.4, 0.5) is 4.39 Å². The standard InChI is InChI=1S/C22H20FN3O3S2/c1-14-4-6-15(7-5-14)13-18-21(29)26(22(30)31-18)12-2-3-19(27)24-25-20(28)16-8-10-17(23)11-9-16/h4-11,13H,2-3,12H2,1H3,(H,24,27)(H,25,28). The molecule has 1 fully saturated rings. The summed E-state index contributed by atoms with van der Waals surface area (Å²) < 4.78 is 13.3. The zero-order valence-corrected chi connectivity index (χ0v) is 18.3. The number of thiocarbonyl (C=S) groups is 1. The predicted molar refractivity (Wildman–Crippen MR) is 122 cm³/mol. The third-order valence-electron chi connectivity index (χ3n) is 4.46. The van der Waals surface area contributed by atoms with Gasteiger partial charge in [0.05, 0.1) is 4.91 Å². The summed E-state index contributed by atoms with van der Waals surface area (Å²) in [5, 5.41) is 0. The number of rotatable bonds is 6. The van der Waals surface area contributed by atoms with E-state index in [-0.39, 0.29) is 17.9 Å². The van der Waals surface area contributed by atoms with Crippen molar-refractivity contribution < 1.29 is 18.8 Å². The Kier molecular flexibility index (Phi) is 7.54. The second-order valence-electron chi connectivity index (χ2n) is 6.86. The van der Waals surface area contributed by atoms with E-state index in [1.165, 1.54) is 28.8 Å². The van der Waals surface area contributed by atoms with Crippen molar-refractivity contribution in [1.82, 2.24) is 15.8 Å². The SMILES string of the molecule is Cc1ccc(C=C2SC(=S)N(CCCC(=O)NNC(=O)c3ccc(F)cc3)C2=O)cc1. The van der Waals surface area contributed by atoms with Crippen LogP contribution in [0.1, 0.15) is 34.3 Å². The van der Waals surface area contributed by atoms with E-state index >= 15 is 0 Å². The topological polar surface area (TPSA) is 78.5 Å². The number of aryl methyl sites for hydroxylation is 1. The summed E-state index contributed by atoms with van der Waals surface area (Å²) in [6.07, 6.45) is 2.27. The number of nitrogens with one attached hydrogen (secondary N) is 2. The van der Waals surface area contributed by atoms with Crippen molar-refractivity contribution in [3.05, 3.63) is 75.9 Å². The van der Waals surface area contributed by atoms with E-state index in [0.717, 1.165) is 23.3 Å². The van der Waals surface area contributed by atoms with Gasteiger partial charge in [0.15, 0.2) is 0 Å². The molecule has 31 heavy (non-hydrogen) atoms. The van der Waals surface area contributed by atoms with Crippen LogP contribution in [0.5, 0.6) is 0 Å². The minimum atomic E-state index is -0.550. The van der Waals surface area contributed by atoms with Crippen molar-refractivity contribution >= 4 is 52.1 Å². The van der Waals surface area contributed by atoms with Gasteiger partial charge in [-0.15, -0.1) is 0 Å². The molecule has 1 heterocycles. The zero-order chi connectivity index (χ0) is 22.4. The Bertz CT molecular complexity index is 1040. The highest BCUT2D eigenvalue weighted by molar-refractivity contribution is 8.26. The first-order valence-electron chi connectivity index (χ1n) is 9.50. The van der Waals surface area contributed by atoms with E-state index in [4.69, 9.17) is 12.2 Å². The summed E-state index contributed by atoms with van der Waals surface area (Å²) in [7, 11) is 0. The lowest BCUT2D eigenvalue weighted by Gasteiger charge is -2.14. The van der Waals surface area contributed by atoms with E-state index < -0.39 is 17.6 Å². The molecule has 0 aliphatic carbocycles. The fourth-order valence-corrected chi connectivity index (χ4v) is 4.08. The molecule has 2 N–H and O–H groups in total. The Hall–Kier alpha value is -3.04. The van der Waals surface area contributed by atoms with Crippen LogP contribution in [0.2, 0.25) is 0 Å². The molecule has 0 aromatic heterocycles. The number of amides is 3. The lowest BCUT2D eigenvalue weighted by molar-refractivity contribution is -0.124. The number of thioether (sulfide) groups is 1. The number of nitrogens with zero attached hydrogens (tertiary/aromatic N) is 1. The molecule has 0 unspecified atom stereocenters. The maximum atomic E-state index is 12.9. The van der Waals surface area contributed by atoms with Gasteiger partial charge in [-0.3, -0.25) is 30.1 Å². The van der Waals surface area contributed by atoms with E-state index in [0.29, 0.717) is 22.2 Å². The number of benzene rings is 2. The Morgan fingerprint density at radius 1 is 1.10 bits per heavy atom. The molecule has 160 valence electrons. The Labute approximate surface area is 188 Å². The Morgan fingerprint density at radius 3 is 2.45 bits per heavy atom. The van der Waals surface area contributed by atoms with Crippen molar-refractivity contribution in [3.63, 3.8) is 0 Å². The number of hydrazine groups is 1. The number of halogens is 1. The van der Waals surface area contributed by atoms with Gasteiger partial charge in [-0.1, -0.05) is 53.8 Å². The molecule has 3 amide bonds. The molecule has 1 aliphatic rings. The highest BCUT2D eigenvalue weighted by Crippen LogP contribution is 2.32. The lowest BCUT2D eigenvalue weighted by Crippen LogP contribution is -2.41. The third kappa shape index (κ3) is 6.22. The van der Waals surface area contributed by atoms with Gasteiger partial charge < -0.3 is 0 Å². The first-order valence-corrected chi connectivity index (χ1v) is 10.7. The van der Waals surface area contributed by atoms with E-state index in [2.05, 4.69) is 10.9 Å². The molecule has 9 heteroatoms. The van der Waals surface area contributed by atoms with Crippen molar-refractivity contribution in [3.8, 4) is 0 Å². The van der Waals surface area contributed by atoms with Crippen LogP contribution in [0, 0.1) is 12.7 Å². The van der Waals surface area contributed by atoms with Crippen LogP contribution in [0.15, 0.2) is 53.4 Å². The number of carbonyl (C=O) groups excluding carboxylic acids is 3. The summed E-state index contributed by atoms with van der Waals surface area (Å²) in [6.45, 7) is 2.29. The summed E-state index contributed by atoms with van der Waals surface area (Å²) in [6, 6.07) is 12.8. The van der Waals surface area contributed by atoms with Gasteiger partial charge in [0.2, 0.25) is 5.91 Å². The summed E-state index contributed by atoms with van der Waals surface area (Å²) in [5.41, 5.74) is 6.85. The molecular formula is C22H20FN3O3S2. The molecule has 6 nitrogen and oxygen atoms in total. The monoisotopic (exact) mass is 457 g/mol. The first-order chi connectivity index (χ1) is 14.8. The average Bonchev–Trinajstić information content (AvgIpc) is 3.01. The van der Waals surface area contributed by atoms with Gasteiger partial charge in [-0.25, -0.2) is 4.39 Å². The van der Waals surface area contributed by atoms with Gasteiger partial charge in [0, 0.05) is 18.5 Å². The van der Waals surface area contributed by atoms with Crippen LogP contribution < -0.4 is 10.9 Å². The highest BCUT2D eigenvalue weighted by Gasteiger charge is 2.31. The number of hydrogen-bond donors (Lipinski definition) is 2. The van der Waals surface area contributed by atoms with Crippen LogP contribution in [-0.4, -0.2) is 33.5 Å². The van der Waals surface area contributed by atoms with E-state index in [9.17, 15) is 18.8 Å². The van der Waals surface area contributed by atoms with Gasteiger partial charge in [-0.05, 0) is 49.2 Å². The summed E-state index contributed by atoms with van der Waals surface area (Å²) in [5.74, 6) is -1.59. The lowest BCUT2D eigenvalue weighted by atomic mass is 10.1. The van der Waals surface area contributed by atoms with Crippen molar-refractivity contribution in [2.45, 2.75) is 19.8 Å². The molecule has 0 bridgehead atoms. The van der Waals surface area contributed by atoms with Crippen LogP contribution >= 0.6 is 24.0 Å². The molecule has 1 aliphatic heterocycles. The molecule has 0 radical (unpaired) electrons. The summed E-state index contributed by atoms with van der Waals surface area (Å²) in [4.78, 5) is 38.5. The number of carbonyl (C=O) groups is 3. The molecule has 2 aromatic rings. The maximum Gasteiger partial charge on any atom is 0.269 e. The second-order valence-corrected chi connectivity index (χ2v) is 8.53. The molecule has 0 atom stereocenters. The minimum absolute atomic E-state index is 0.0950. The van der Waals surface area contributed by atoms with E-state index in [1.54, 1.807) is 6.08 Å². The largest absolute Gasteiger partial charge is 0.293 e. The van der Waals surface area contributed by atoms with Gasteiger partial charge in [0.25, 0.3) is 11.8 Å². The van der Waals surface area contributed by atoms with Crippen LogP contribution in [-0.2, 0) is 9.59 Å². The predicted octanol–water partition coefficient (Wildman–Crippen LogP) is 3.58. The van der Waals surface area contributed by atoms with Crippen LogP contribution in [0.25, 0.3) is 6.08 Å². The van der Waals surface area contributed by atoms with E-state index in [1.807, 2.05) is 31.2 Å². The van der Waals surface area contributed by atoms with Crippen molar-refractivity contribution in [2.24, 2.45) is 0 Å². The Morgan fingerprint density at radius 2 is 1.77 bits per heavy atom. The summed E-state index contributed by atoms with van der Waals surface area (Å²) >= 11 is 6.54.